The third kappa shape index (κ3) is 5.53. The van der Waals surface area contributed by atoms with Gasteiger partial charge < -0.3 is 15.5 Å². The van der Waals surface area contributed by atoms with Crippen molar-refractivity contribution in [1.82, 2.24) is 0 Å². The second-order valence-electron chi connectivity index (χ2n) is 5.09. The van der Waals surface area contributed by atoms with Crippen LogP contribution in [0.1, 0.15) is 0 Å². The van der Waals surface area contributed by atoms with Gasteiger partial charge in [-0.3, -0.25) is 0 Å². The first-order valence-corrected chi connectivity index (χ1v) is 8.96. The van der Waals surface area contributed by atoms with E-state index >= 15 is 0 Å². The van der Waals surface area contributed by atoms with Crippen LogP contribution in [-0.2, 0) is 10.1 Å². The van der Waals surface area contributed by atoms with Crippen molar-refractivity contribution in [2.75, 3.05) is 0 Å². The Labute approximate surface area is 197 Å². The summed E-state index contributed by atoms with van der Waals surface area (Å²) in [5.74, 6) is 0. The molecular formula is C18H18KO5PS. The summed E-state index contributed by atoms with van der Waals surface area (Å²) in [6.45, 7) is 0. The van der Waals surface area contributed by atoms with Crippen molar-refractivity contribution in [1.29, 1.82) is 0 Å². The van der Waals surface area contributed by atoms with Crippen LogP contribution in [0.2, 0.25) is 0 Å². The van der Waals surface area contributed by atoms with Gasteiger partial charge >= 0.3 is 51.4 Å². The molecule has 0 aliphatic rings. The van der Waals surface area contributed by atoms with Crippen molar-refractivity contribution in [2.45, 2.75) is 4.90 Å². The van der Waals surface area contributed by atoms with Gasteiger partial charge in [-0.15, -0.1) is 9.24 Å². The summed E-state index contributed by atoms with van der Waals surface area (Å²) in [5.41, 5.74) is 2.26. The SMILES string of the molecule is O.O.O=S(=O)([O-])c1c(-c2ccccc2)ccc(P)c1-c1ccccc1.[K+]. The molecule has 0 bridgehead atoms. The van der Waals surface area contributed by atoms with E-state index in [1.165, 1.54) is 0 Å². The summed E-state index contributed by atoms with van der Waals surface area (Å²) >= 11 is 0. The van der Waals surface area contributed by atoms with Gasteiger partial charge in [-0.05, 0) is 22.0 Å². The van der Waals surface area contributed by atoms with E-state index in [-0.39, 0.29) is 67.2 Å². The molecule has 0 aliphatic carbocycles. The summed E-state index contributed by atoms with van der Waals surface area (Å²) in [6, 6.07) is 21.6. The number of hydrogen-bond acceptors (Lipinski definition) is 3. The van der Waals surface area contributed by atoms with Crippen LogP contribution in [0.3, 0.4) is 0 Å². The molecule has 0 aromatic heterocycles. The molecule has 0 heterocycles. The Bertz CT molecular complexity index is 948. The topological polar surface area (TPSA) is 120 Å². The molecule has 0 aliphatic heterocycles. The molecule has 0 saturated heterocycles. The zero-order chi connectivity index (χ0) is 16.4. The van der Waals surface area contributed by atoms with E-state index in [1.807, 2.05) is 42.5 Å². The molecule has 1 unspecified atom stereocenters. The van der Waals surface area contributed by atoms with Crippen molar-refractivity contribution in [3.63, 3.8) is 0 Å². The molecule has 5 nitrogen and oxygen atoms in total. The first kappa shape index (κ1) is 25.6. The predicted octanol–water partition coefficient (Wildman–Crippen LogP) is -1.22. The van der Waals surface area contributed by atoms with Crippen LogP contribution in [0.4, 0.5) is 0 Å². The summed E-state index contributed by atoms with van der Waals surface area (Å²) in [6.07, 6.45) is 0. The first-order valence-electron chi connectivity index (χ1n) is 6.97. The third-order valence-electron chi connectivity index (χ3n) is 3.59. The molecule has 3 aromatic rings. The molecule has 3 rings (SSSR count). The van der Waals surface area contributed by atoms with Crippen molar-refractivity contribution in [3.8, 4) is 22.3 Å². The van der Waals surface area contributed by atoms with Crippen LogP contribution in [0.15, 0.2) is 77.7 Å². The fourth-order valence-corrected chi connectivity index (χ4v) is 4.06. The largest absolute Gasteiger partial charge is 1.00 e. The van der Waals surface area contributed by atoms with Crippen molar-refractivity contribution < 1.29 is 75.3 Å². The Morgan fingerprint density at radius 2 is 1.19 bits per heavy atom. The van der Waals surface area contributed by atoms with E-state index in [4.69, 9.17) is 0 Å². The maximum Gasteiger partial charge on any atom is 1.00 e. The first-order chi connectivity index (χ1) is 11.0. The smallest absolute Gasteiger partial charge is 0.744 e. The average molecular weight is 416 g/mol. The van der Waals surface area contributed by atoms with Crippen LogP contribution in [0.5, 0.6) is 0 Å². The van der Waals surface area contributed by atoms with Crippen LogP contribution >= 0.6 is 9.24 Å². The maximum atomic E-state index is 12.0. The molecule has 3 aromatic carbocycles. The van der Waals surface area contributed by atoms with Crippen LogP contribution < -0.4 is 56.7 Å². The van der Waals surface area contributed by atoms with Gasteiger partial charge in [-0.25, -0.2) is 8.42 Å². The van der Waals surface area contributed by atoms with E-state index in [9.17, 15) is 13.0 Å². The number of benzene rings is 3. The summed E-state index contributed by atoms with van der Waals surface area (Å²) in [7, 11) is -2.14. The molecule has 0 amide bonds. The third-order valence-corrected chi connectivity index (χ3v) is 4.99. The van der Waals surface area contributed by atoms with Gasteiger partial charge in [0.2, 0.25) is 0 Å². The Morgan fingerprint density at radius 1 is 0.731 bits per heavy atom. The second-order valence-corrected chi connectivity index (χ2v) is 7.03. The normalized spacial score (nSPS) is 10.1. The second kappa shape index (κ2) is 10.8. The van der Waals surface area contributed by atoms with Gasteiger partial charge in [-0.2, -0.15) is 0 Å². The van der Waals surface area contributed by atoms with Gasteiger partial charge in [0, 0.05) is 5.56 Å². The molecule has 0 spiro atoms. The Balaban J connectivity index is 0.00000208. The van der Waals surface area contributed by atoms with Gasteiger partial charge in [0.25, 0.3) is 0 Å². The van der Waals surface area contributed by atoms with E-state index in [0.717, 1.165) is 0 Å². The average Bonchev–Trinajstić information content (AvgIpc) is 2.55. The zero-order valence-corrected chi connectivity index (χ0v) is 19.2. The number of rotatable bonds is 3. The van der Waals surface area contributed by atoms with Crippen LogP contribution in [0.25, 0.3) is 22.3 Å². The molecule has 1 atom stereocenters. The monoisotopic (exact) mass is 416 g/mol. The minimum Gasteiger partial charge on any atom is -0.744 e. The van der Waals surface area contributed by atoms with E-state index in [2.05, 4.69) is 9.24 Å². The molecule has 26 heavy (non-hydrogen) atoms. The van der Waals surface area contributed by atoms with E-state index in [0.29, 0.717) is 27.6 Å². The Morgan fingerprint density at radius 3 is 1.65 bits per heavy atom. The maximum absolute atomic E-state index is 12.0. The van der Waals surface area contributed by atoms with Crippen LogP contribution in [0, 0.1) is 0 Å². The molecular weight excluding hydrogens is 398 g/mol. The fourth-order valence-electron chi connectivity index (χ4n) is 2.61. The quantitative estimate of drug-likeness (QED) is 0.302. The minimum absolute atomic E-state index is 0. The van der Waals surface area contributed by atoms with Gasteiger partial charge in [-0.1, -0.05) is 72.8 Å². The van der Waals surface area contributed by atoms with Gasteiger partial charge in [0.1, 0.15) is 10.1 Å². The molecule has 0 saturated carbocycles. The van der Waals surface area contributed by atoms with Crippen LogP contribution in [-0.4, -0.2) is 23.9 Å². The Hall–Kier alpha value is -0.444. The number of hydrogen-bond donors (Lipinski definition) is 0. The zero-order valence-electron chi connectivity index (χ0n) is 14.1. The summed E-state index contributed by atoms with van der Waals surface area (Å²) < 4.78 is 36.0. The van der Waals surface area contributed by atoms with E-state index in [1.54, 1.807) is 30.3 Å². The van der Waals surface area contributed by atoms with Crippen molar-refractivity contribution >= 4 is 24.7 Å². The summed E-state index contributed by atoms with van der Waals surface area (Å²) in [5, 5.41) is 0.672. The standard InChI is InChI=1S/C18H15O3PS.K.2H2O/c19-23(20,21)18-15(13-7-3-1-4-8-13)11-12-16(22)17(18)14-9-5-2-6-10-14;;;/h1-12H,22H2,(H,19,20,21);;2*1H2/q;+1;;/p-1. The summed E-state index contributed by atoms with van der Waals surface area (Å²) in [4.78, 5) is -0.178. The minimum atomic E-state index is -4.65. The molecule has 0 fully saturated rings. The van der Waals surface area contributed by atoms with E-state index < -0.39 is 10.1 Å². The van der Waals surface area contributed by atoms with Crippen molar-refractivity contribution in [3.05, 3.63) is 72.8 Å². The van der Waals surface area contributed by atoms with Gasteiger partial charge in [0.05, 0.1) is 4.90 Å². The molecule has 4 N–H and O–H groups in total. The fraction of sp³-hybridized carbons (Fsp3) is 0. The van der Waals surface area contributed by atoms with Gasteiger partial charge in [0.15, 0.2) is 0 Å². The Kier molecular flexibility index (Phi) is 10.6. The molecule has 8 heteroatoms. The molecule has 132 valence electrons. The van der Waals surface area contributed by atoms with Crippen molar-refractivity contribution in [2.24, 2.45) is 0 Å². The molecule has 0 radical (unpaired) electrons. The predicted molar refractivity (Wildman–Crippen MR) is 102 cm³/mol.